The summed E-state index contributed by atoms with van der Waals surface area (Å²) in [5, 5.41) is 9.89. The molecule has 0 fully saturated rings. The highest BCUT2D eigenvalue weighted by Gasteiger charge is 2.05. The Kier molecular flexibility index (Phi) is 4.17. The number of halogens is 2. The molecule has 0 bridgehead atoms. The molecule has 18 heavy (non-hydrogen) atoms. The Balaban J connectivity index is 2.25. The highest BCUT2D eigenvalue weighted by Crippen LogP contribution is 2.32. The third-order valence-electron chi connectivity index (χ3n) is 2.21. The minimum atomic E-state index is -0.938. The molecule has 0 saturated heterocycles. The van der Waals surface area contributed by atoms with Gasteiger partial charge in [-0.25, -0.2) is 4.79 Å². The molecule has 2 rings (SSSR count). The van der Waals surface area contributed by atoms with E-state index in [9.17, 15) is 4.79 Å². The van der Waals surface area contributed by atoms with Gasteiger partial charge in [0.15, 0.2) is 0 Å². The van der Waals surface area contributed by atoms with Crippen LogP contribution in [0.3, 0.4) is 0 Å². The molecule has 0 radical (unpaired) electrons. The van der Waals surface area contributed by atoms with Gasteiger partial charge in [0.1, 0.15) is 0 Å². The minimum Gasteiger partial charge on any atom is -0.478 e. The summed E-state index contributed by atoms with van der Waals surface area (Å²) in [6, 6.07) is 12.0. The van der Waals surface area contributed by atoms with Crippen molar-refractivity contribution in [3.63, 3.8) is 0 Å². The Bertz CT molecular complexity index is 599. The van der Waals surface area contributed by atoms with Gasteiger partial charge in [-0.1, -0.05) is 41.0 Å². The summed E-state index contributed by atoms with van der Waals surface area (Å²) in [7, 11) is 0. The maximum absolute atomic E-state index is 10.9. The fourth-order valence-electron chi connectivity index (χ4n) is 1.37. The molecule has 0 amide bonds. The zero-order valence-electron chi connectivity index (χ0n) is 9.06. The number of rotatable bonds is 3. The zero-order chi connectivity index (χ0) is 13.1. The number of carboxylic acid groups (broad SMARTS) is 1. The summed E-state index contributed by atoms with van der Waals surface area (Å²) in [6.45, 7) is 0. The minimum absolute atomic E-state index is 0.264. The molecule has 5 heteroatoms. The van der Waals surface area contributed by atoms with Crippen LogP contribution in [0.25, 0.3) is 0 Å². The molecule has 92 valence electrons. The van der Waals surface area contributed by atoms with Gasteiger partial charge in [-0.05, 0) is 36.4 Å². The Morgan fingerprint density at radius 2 is 1.72 bits per heavy atom. The molecule has 2 aromatic carbocycles. The van der Waals surface area contributed by atoms with Gasteiger partial charge in [-0.3, -0.25) is 0 Å². The van der Waals surface area contributed by atoms with Gasteiger partial charge in [-0.15, -0.1) is 0 Å². The number of carbonyl (C=O) groups is 1. The largest absolute Gasteiger partial charge is 0.478 e. The molecule has 0 aromatic heterocycles. The first kappa shape index (κ1) is 13.3. The van der Waals surface area contributed by atoms with Crippen LogP contribution in [0, 0.1) is 0 Å². The number of carboxylic acids is 1. The Morgan fingerprint density at radius 1 is 1.00 bits per heavy atom. The van der Waals surface area contributed by atoms with Crippen LogP contribution in [0.2, 0.25) is 10.0 Å². The van der Waals surface area contributed by atoms with Crippen molar-refractivity contribution in [2.24, 2.45) is 0 Å². The molecule has 2 aromatic rings. The van der Waals surface area contributed by atoms with E-state index in [1.807, 2.05) is 12.1 Å². The second-order valence-corrected chi connectivity index (χ2v) is 5.47. The first-order chi connectivity index (χ1) is 8.56. The molecule has 0 atom stereocenters. The van der Waals surface area contributed by atoms with Crippen LogP contribution in [0.5, 0.6) is 0 Å². The Hall–Kier alpha value is -1.16. The fourth-order valence-corrected chi connectivity index (χ4v) is 2.65. The quantitative estimate of drug-likeness (QED) is 0.881. The van der Waals surface area contributed by atoms with E-state index in [1.165, 1.54) is 11.8 Å². The van der Waals surface area contributed by atoms with Crippen LogP contribution in [-0.4, -0.2) is 11.1 Å². The zero-order valence-corrected chi connectivity index (χ0v) is 11.4. The molecule has 0 heterocycles. The van der Waals surface area contributed by atoms with E-state index in [-0.39, 0.29) is 5.56 Å². The highest BCUT2D eigenvalue weighted by atomic mass is 35.5. The Morgan fingerprint density at radius 3 is 2.39 bits per heavy atom. The van der Waals surface area contributed by atoms with Crippen molar-refractivity contribution < 1.29 is 9.90 Å². The summed E-state index contributed by atoms with van der Waals surface area (Å²) >= 11 is 13.2. The number of hydrogen-bond donors (Lipinski definition) is 1. The van der Waals surface area contributed by atoms with Gasteiger partial charge in [0.25, 0.3) is 0 Å². The smallest absolute Gasteiger partial charge is 0.335 e. The van der Waals surface area contributed by atoms with E-state index >= 15 is 0 Å². The van der Waals surface area contributed by atoms with Crippen molar-refractivity contribution in [1.29, 1.82) is 0 Å². The summed E-state index contributed by atoms with van der Waals surface area (Å²) in [5.74, 6) is -0.938. The van der Waals surface area contributed by atoms with E-state index in [2.05, 4.69) is 0 Å². The van der Waals surface area contributed by atoms with Crippen LogP contribution in [0.1, 0.15) is 10.4 Å². The fraction of sp³-hybridized carbons (Fsp3) is 0. The molecule has 0 saturated carbocycles. The molecular formula is C13H8Cl2O2S. The second-order valence-electron chi connectivity index (χ2n) is 3.51. The monoisotopic (exact) mass is 298 g/mol. The predicted octanol–water partition coefficient (Wildman–Crippen LogP) is 4.84. The lowest BCUT2D eigenvalue weighted by Crippen LogP contribution is -1.95. The topological polar surface area (TPSA) is 37.3 Å². The van der Waals surface area contributed by atoms with Gasteiger partial charge in [-0.2, -0.15) is 0 Å². The van der Waals surface area contributed by atoms with Crippen molar-refractivity contribution in [1.82, 2.24) is 0 Å². The normalized spacial score (nSPS) is 10.3. The molecule has 0 unspecified atom stereocenters. The number of benzene rings is 2. The summed E-state index contributed by atoms with van der Waals surface area (Å²) in [5.41, 5.74) is 0.264. The maximum Gasteiger partial charge on any atom is 0.335 e. The maximum atomic E-state index is 10.9. The van der Waals surface area contributed by atoms with Gasteiger partial charge < -0.3 is 5.11 Å². The van der Waals surface area contributed by atoms with Gasteiger partial charge in [0.05, 0.1) is 15.6 Å². The number of aromatic carboxylic acids is 1. The molecule has 0 aliphatic heterocycles. The average Bonchev–Trinajstić information content (AvgIpc) is 2.34. The van der Waals surface area contributed by atoms with Crippen LogP contribution in [0.4, 0.5) is 0 Å². The number of hydrogen-bond acceptors (Lipinski definition) is 2. The van der Waals surface area contributed by atoms with Crippen LogP contribution in [-0.2, 0) is 0 Å². The molecule has 0 aliphatic carbocycles. The standard InChI is InChI=1S/C13H8Cl2O2S/c14-11-5-4-10(7-12(11)15)18-9-3-1-2-8(6-9)13(16)17/h1-7H,(H,16,17). The third-order valence-corrected chi connectivity index (χ3v) is 3.93. The lowest BCUT2D eigenvalue weighted by atomic mass is 10.2. The second kappa shape index (κ2) is 5.65. The van der Waals surface area contributed by atoms with Crippen LogP contribution >= 0.6 is 35.0 Å². The van der Waals surface area contributed by atoms with Gasteiger partial charge in [0, 0.05) is 9.79 Å². The van der Waals surface area contributed by atoms with Gasteiger partial charge >= 0.3 is 5.97 Å². The predicted molar refractivity (Wildman–Crippen MR) is 74.0 cm³/mol. The summed E-state index contributed by atoms with van der Waals surface area (Å²) < 4.78 is 0. The van der Waals surface area contributed by atoms with E-state index in [4.69, 9.17) is 28.3 Å². The molecule has 0 aliphatic rings. The van der Waals surface area contributed by atoms with Crippen molar-refractivity contribution in [2.75, 3.05) is 0 Å². The van der Waals surface area contributed by atoms with Crippen molar-refractivity contribution >= 4 is 40.9 Å². The SMILES string of the molecule is O=C(O)c1cccc(Sc2ccc(Cl)c(Cl)c2)c1. The molecule has 0 spiro atoms. The third kappa shape index (κ3) is 3.19. The first-order valence-corrected chi connectivity index (χ1v) is 6.60. The van der Waals surface area contributed by atoms with Crippen molar-refractivity contribution in [3.8, 4) is 0 Å². The molecule has 1 N–H and O–H groups in total. The molecular weight excluding hydrogens is 291 g/mol. The highest BCUT2D eigenvalue weighted by molar-refractivity contribution is 7.99. The van der Waals surface area contributed by atoms with Crippen molar-refractivity contribution in [3.05, 3.63) is 58.1 Å². The van der Waals surface area contributed by atoms with Crippen LogP contribution < -0.4 is 0 Å². The Labute approximate surface area is 119 Å². The first-order valence-electron chi connectivity index (χ1n) is 5.02. The average molecular weight is 299 g/mol. The lowest BCUT2D eigenvalue weighted by molar-refractivity contribution is 0.0696. The lowest BCUT2D eigenvalue weighted by Gasteiger charge is -2.04. The van der Waals surface area contributed by atoms with E-state index in [1.54, 1.807) is 30.3 Å². The van der Waals surface area contributed by atoms with E-state index < -0.39 is 5.97 Å². The summed E-state index contributed by atoms with van der Waals surface area (Å²) in [4.78, 5) is 12.6. The molecule has 2 nitrogen and oxygen atoms in total. The van der Waals surface area contributed by atoms with E-state index in [0.29, 0.717) is 10.0 Å². The summed E-state index contributed by atoms with van der Waals surface area (Å²) in [6.07, 6.45) is 0. The van der Waals surface area contributed by atoms with Gasteiger partial charge in [0.2, 0.25) is 0 Å². The van der Waals surface area contributed by atoms with Crippen molar-refractivity contribution in [2.45, 2.75) is 9.79 Å². The van der Waals surface area contributed by atoms with Crippen LogP contribution in [0.15, 0.2) is 52.3 Å². The van der Waals surface area contributed by atoms with E-state index in [0.717, 1.165) is 9.79 Å².